The van der Waals surface area contributed by atoms with Crippen molar-refractivity contribution in [3.8, 4) is 0 Å². The molecule has 2 nitrogen and oxygen atoms in total. The van der Waals surface area contributed by atoms with Crippen LogP contribution in [0, 0.1) is 3.57 Å². The summed E-state index contributed by atoms with van der Waals surface area (Å²) in [5, 5.41) is 7.42. The third-order valence-electron chi connectivity index (χ3n) is 0.804. The van der Waals surface area contributed by atoms with Gasteiger partial charge in [0.1, 0.15) is 0 Å². The molecule has 0 heterocycles. The minimum Gasteiger partial charge on any atom is -0.481 e. The molecule has 0 fully saturated rings. The predicted molar refractivity (Wildman–Crippen MR) is 60.2 cm³/mol. The lowest BCUT2D eigenvalue weighted by molar-refractivity contribution is -0.134. The summed E-state index contributed by atoms with van der Waals surface area (Å²) in [6.45, 7) is 1.08. The van der Waals surface area contributed by atoms with Crippen LogP contribution >= 0.6 is 38.5 Å². The summed E-state index contributed by atoms with van der Waals surface area (Å²) in [6.07, 6.45) is 0. The average Bonchev–Trinajstić information content (AvgIpc) is 1.94. The lowest BCUT2D eigenvalue weighted by Gasteiger charge is -1.86. The van der Waals surface area contributed by atoms with E-state index >= 15 is 0 Å². The second-order valence-corrected chi connectivity index (χ2v) is 4.12. The summed E-state index contributed by atoms with van der Waals surface area (Å²) in [6, 6.07) is 8.18. The number of hydrogen-bond donors (Lipinski definition) is 1. The van der Waals surface area contributed by atoms with Crippen molar-refractivity contribution in [2.24, 2.45) is 0 Å². The second kappa shape index (κ2) is 6.42. The molecule has 66 valence electrons. The van der Waals surface area contributed by atoms with Crippen LogP contribution in [0.1, 0.15) is 6.92 Å². The molecule has 12 heavy (non-hydrogen) atoms. The lowest BCUT2D eigenvalue weighted by Crippen LogP contribution is -1.78. The summed E-state index contributed by atoms with van der Waals surface area (Å²) in [5.74, 6) is -0.833. The van der Waals surface area contributed by atoms with Gasteiger partial charge in [0.25, 0.3) is 5.97 Å². The minimum atomic E-state index is -0.833. The zero-order valence-corrected chi connectivity index (χ0v) is 10.2. The van der Waals surface area contributed by atoms with Crippen LogP contribution in [0.25, 0.3) is 0 Å². The highest BCUT2D eigenvalue weighted by Crippen LogP contribution is 2.11. The van der Waals surface area contributed by atoms with Crippen molar-refractivity contribution in [1.29, 1.82) is 0 Å². The molecule has 0 amide bonds. The van der Waals surface area contributed by atoms with Gasteiger partial charge in [0.2, 0.25) is 0 Å². The third kappa shape index (κ3) is 8.00. The quantitative estimate of drug-likeness (QED) is 0.735. The van der Waals surface area contributed by atoms with Gasteiger partial charge in [-0.3, -0.25) is 4.79 Å². The maximum atomic E-state index is 9.00. The summed E-state index contributed by atoms with van der Waals surface area (Å²) >= 11 is 5.62. The Hall–Kier alpha value is -0.100. The predicted octanol–water partition coefficient (Wildman–Crippen LogP) is 3.14. The van der Waals surface area contributed by atoms with Gasteiger partial charge in [-0.05, 0) is 46.9 Å². The summed E-state index contributed by atoms with van der Waals surface area (Å²) < 4.78 is 2.41. The van der Waals surface area contributed by atoms with E-state index in [9.17, 15) is 0 Å². The van der Waals surface area contributed by atoms with E-state index in [2.05, 4.69) is 50.7 Å². The molecule has 1 N–H and O–H groups in total. The molecule has 0 aliphatic rings. The van der Waals surface area contributed by atoms with E-state index in [4.69, 9.17) is 9.90 Å². The first-order valence-corrected chi connectivity index (χ1v) is 5.00. The van der Waals surface area contributed by atoms with Crippen molar-refractivity contribution in [3.63, 3.8) is 0 Å². The Morgan fingerprint density at radius 1 is 1.42 bits per heavy atom. The minimum absolute atomic E-state index is 0.833. The molecule has 1 rings (SSSR count). The van der Waals surface area contributed by atoms with E-state index in [1.54, 1.807) is 0 Å². The lowest BCUT2D eigenvalue weighted by atomic mass is 10.4. The first-order valence-electron chi connectivity index (χ1n) is 3.13. The molecular formula is C8H8BrIO2. The maximum Gasteiger partial charge on any atom is 0.300 e. The highest BCUT2D eigenvalue weighted by atomic mass is 127. The molecule has 0 saturated heterocycles. The highest BCUT2D eigenvalue weighted by Gasteiger charge is 1.82. The Morgan fingerprint density at radius 3 is 2.00 bits per heavy atom. The zero-order valence-electron chi connectivity index (χ0n) is 6.42. The Balaban J connectivity index is 0.000000261. The molecule has 0 aliphatic heterocycles. The third-order valence-corrected chi connectivity index (χ3v) is 2.05. The van der Waals surface area contributed by atoms with Crippen LogP contribution in [0.4, 0.5) is 0 Å². The summed E-state index contributed by atoms with van der Waals surface area (Å²) in [4.78, 5) is 9.00. The number of benzene rings is 1. The summed E-state index contributed by atoms with van der Waals surface area (Å²) in [5.41, 5.74) is 0. The largest absolute Gasteiger partial charge is 0.481 e. The molecule has 0 aliphatic carbocycles. The number of rotatable bonds is 0. The van der Waals surface area contributed by atoms with E-state index in [-0.39, 0.29) is 0 Å². The smallest absolute Gasteiger partial charge is 0.300 e. The molecule has 0 aromatic heterocycles. The fourth-order valence-corrected chi connectivity index (χ4v) is 1.05. The molecule has 1 aromatic rings. The standard InChI is InChI=1S/C6H4BrI.C2H4O2/c7-5-1-3-6(8)4-2-5;1-2(3)4/h1-4H;1H3,(H,3,4). The fraction of sp³-hybridized carbons (Fsp3) is 0.125. The Bertz CT molecular complexity index is 221. The average molecular weight is 343 g/mol. The van der Waals surface area contributed by atoms with Crippen molar-refractivity contribution in [2.45, 2.75) is 6.92 Å². The van der Waals surface area contributed by atoms with Crippen molar-refractivity contribution >= 4 is 44.5 Å². The van der Waals surface area contributed by atoms with Gasteiger partial charge in [0.05, 0.1) is 0 Å². The van der Waals surface area contributed by atoms with Gasteiger partial charge < -0.3 is 5.11 Å². The van der Waals surface area contributed by atoms with Crippen LogP contribution in [0.3, 0.4) is 0 Å². The number of hydrogen-bond acceptors (Lipinski definition) is 1. The van der Waals surface area contributed by atoms with E-state index in [1.807, 2.05) is 12.1 Å². The van der Waals surface area contributed by atoms with Crippen LogP contribution in [0.2, 0.25) is 0 Å². The van der Waals surface area contributed by atoms with E-state index in [0.29, 0.717) is 0 Å². The summed E-state index contributed by atoms with van der Waals surface area (Å²) in [7, 11) is 0. The molecule has 4 heteroatoms. The fourth-order valence-electron chi connectivity index (χ4n) is 0.430. The van der Waals surface area contributed by atoms with E-state index in [1.165, 1.54) is 3.57 Å². The van der Waals surface area contributed by atoms with Crippen LogP contribution in [-0.2, 0) is 4.79 Å². The first kappa shape index (κ1) is 11.9. The number of carboxylic acid groups (broad SMARTS) is 1. The van der Waals surface area contributed by atoms with E-state index in [0.717, 1.165) is 11.4 Å². The van der Waals surface area contributed by atoms with Crippen molar-refractivity contribution in [1.82, 2.24) is 0 Å². The van der Waals surface area contributed by atoms with E-state index < -0.39 is 5.97 Å². The molecule has 0 atom stereocenters. The van der Waals surface area contributed by atoms with Gasteiger partial charge in [-0.2, -0.15) is 0 Å². The normalized spacial score (nSPS) is 8.25. The Kier molecular flexibility index (Phi) is 6.37. The van der Waals surface area contributed by atoms with Crippen molar-refractivity contribution in [2.75, 3.05) is 0 Å². The number of halogens is 2. The van der Waals surface area contributed by atoms with Gasteiger partial charge in [-0.25, -0.2) is 0 Å². The Morgan fingerprint density at radius 2 is 1.75 bits per heavy atom. The number of carboxylic acids is 1. The molecule has 0 unspecified atom stereocenters. The van der Waals surface area contributed by atoms with Gasteiger partial charge in [0.15, 0.2) is 0 Å². The monoisotopic (exact) mass is 342 g/mol. The molecule has 0 saturated carbocycles. The molecular weight excluding hydrogens is 335 g/mol. The zero-order chi connectivity index (χ0) is 9.56. The Labute approximate surface area is 93.3 Å². The highest BCUT2D eigenvalue weighted by molar-refractivity contribution is 14.1. The van der Waals surface area contributed by atoms with Gasteiger partial charge in [0, 0.05) is 15.0 Å². The van der Waals surface area contributed by atoms with Gasteiger partial charge >= 0.3 is 0 Å². The molecule has 0 radical (unpaired) electrons. The molecule has 1 aromatic carbocycles. The van der Waals surface area contributed by atoms with Crippen LogP contribution in [0.15, 0.2) is 28.7 Å². The molecule has 0 spiro atoms. The van der Waals surface area contributed by atoms with Crippen molar-refractivity contribution < 1.29 is 9.90 Å². The topological polar surface area (TPSA) is 37.3 Å². The van der Waals surface area contributed by atoms with Gasteiger partial charge in [-0.1, -0.05) is 15.9 Å². The molecule has 0 bridgehead atoms. The van der Waals surface area contributed by atoms with Crippen molar-refractivity contribution in [3.05, 3.63) is 32.3 Å². The number of aliphatic carboxylic acids is 1. The van der Waals surface area contributed by atoms with Crippen LogP contribution in [-0.4, -0.2) is 11.1 Å². The SMILES string of the molecule is Brc1ccc(I)cc1.CC(=O)O. The van der Waals surface area contributed by atoms with Gasteiger partial charge in [-0.15, -0.1) is 0 Å². The van der Waals surface area contributed by atoms with Crippen LogP contribution < -0.4 is 0 Å². The first-order chi connectivity index (χ1) is 5.52. The maximum absolute atomic E-state index is 9.00. The number of carbonyl (C=O) groups is 1. The van der Waals surface area contributed by atoms with Crippen LogP contribution in [0.5, 0.6) is 0 Å². The second-order valence-electron chi connectivity index (χ2n) is 1.96.